The molecule has 0 aromatic rings. The van der Waals surface area contributed by atoms with Crippen molar-refractivity contribution in [3.8, 4) is 6.07 Å². The van der Waals surface area contributed by atoms with Crippen molar-refractivity contribution in [1.29, 1.82) is 5.26 Å². The van der Waals surface area contributed by atoms with E-state index in [0.29, 0.717) is 0 Å². The van der Waals surface area contributed by atoms with Gasteiger partial charge in [0.15, 0.2) is 0 Å². The lowest BCUT2D eigenvalue weighted by Gasteiger charge is -2.02. The number of unbranched alkanes of at least 4 members (excludes halogenated alkanes) is 3. The summed E-state index contributed by atoms with van der Waals surface area (Å²) in [6.07, 6.45) is 8.16. The molecule has 2 heteroatoms. The molecule has 0 heterocycles. The van der Waals surface area contributed by atoms with Crippen molar-refractivity contribution < 1.29 is 0 Å². The molecule has 0 amide bonds. The van der Waals surface area contributed by atoms with Crippen LogP contribution in [-0.4, -0.2) is 6.26 Å². The maximum Gasteiger partial charge on any atom is 0.106 e. The summed E-state index contributed by atoms with van der Waals surface area (Å²) in [5.41, 5.74) is 1.26. The molecular weight excluding hydrogens is 178 g/mol. The van der Waals surface area contributed by atoms with E-state index in [1.54, 1.807) is 11.8 Å². The maximum absolute atomic E-state index is 8.77. The number of allylic oxidation sites excluding steroid dienone is 2. The third-order valence-corrected chi connectivity index (χ3v) is 2.95. The minimum Gasteiger partial charge on any atom is -0.192 e. The van der Waals surface area contributed by atoms with E-state index < -0.39 is 0 Å². The topological polar surface area (TPSA) is 23.8 Å². The number of hydrogen-bond donors (Lipinski definition) is 0. The molecule has 0 saturated carbocycles. The Labute approximate surface area is 86.2 Å². The van der Waals surface area contributed by atoms with E-state index in [2.05, 4.69) is 19.9 Å². The van der Waals surface area contributed by atoms with Crippen LogP contribution in [0.1, 0.15) is 46.0 Å². The van der Waals surface area contributed by atoms with Crippen LogP contribution in [-0.2, 0) is 0 Å². The van der Waals surface area contributed by atoms with Crippen molar-refractivity contribution in [2.45, 2.75) is 46.0 Å². The van der Waals surface area contributed by atoms with Gasteiger partial charge in [-0.2, -0.15) is 5.26 Å². The first kappa shape index (κ1) is 12.6. The van der Waals surface area contributed by atoms with Crippen LogP contribution in [0.4, 0.5) is 0 Å². The Hall–Kier alpha value is -0.420. The minimum absolute atomic E-state index is 0.900. The molecule has 0 spiro atoms. The van der Waals surface area contributed by atoms with Gasteiger partial charge in [-0.1, -0.05) is 26.2 Å². The van der Waals surface area contributed by atoms with Crippen molar-refractivity contribution in [3.63, 3.8) is 0 Å². The number of rotatable bonds is 6. The van der Waals surface area contributed by atoms with Crippen molar-refractivity contribution in [3.05, 3.63) is 10.5 Å². The number of nitriles is 1. The van der Waals surface area contributed by atoms with Crippen molar-refractivity contribution >= 4 is 11.8 Å². The maximum atomic E-state index is 8.77. The van der Waals surface area contributed by atoms with Crippen LogP contribution in [0.3, 0.4) is 0 Å². The first-order valence-corrected chi connectivity index (χ1v) is 6.12. The average molecular weight is 197 g/mol. The quantitative estimate of drug-likeness (QED) is 0.472. The largest absolute Gasteiger partial charge is 0.192 e. The van der Waals surface area contributed by atoms with Crippen molar-refractivity contribution in [2.75, 3.05) is 6.26 Å². The molecule has 0 aromatic carbocycles. The molecule has 0 unspecified atom stereocenters. The number of nitrogens with zero attached hydrogens (tertiary/aromatic N) is 1. The molecule has 0 aromatic heterocycles. The molecule has 0 rings (SSSR count). The highest BCUT2D eigenvalue weighted by molar-refractivity contribution is 8.02. The lowest BCUT2D eigenvalue weighted by Crippen LogP contribution is -1.83. The molecular formula is C11H19NS. The molecule has 1 nitrogen and oxygen atoms in total. The average Bonchev–Trinajstić information content (AvgIpc) is 2.14. The fourth-order valence-corrected chi connectivity index (χ4v) is 1.79. The number of thioether (sulfide) groups is 1. The fourth-order valence-electron chi connectivity index (χ4n) is 1.25. The number of hydrogen-bond acceptors (Lipinski definition) is 2. The molecule has 0 aliphatic rings. The van der Waals surface area contributed by atoms with Crippen LogP contribution in [0.2, 0.25) is 0 Å². The molecule has 0 bridgehead atoms. The van der Waals surface area contributed by atoms with Gasteiger partial charge in [0.2, 0.25) is 0 Å². The third-order valence-electron chi connectivity index (χ3n) is 2.10. The van der Waals surface area contributed by atoms with Crippen LogP contribution in [0, 0.1) is 11.3 Å². The summed E-state index contributed by atoms with van der Waals surface area (Å²) in [4.78, 5) is 0.900. The monoisotopic (exact) mass is 197 g/mol. The van der Waals surface area contributed by atoms with Gasteiger partial charge in [0.1, 0.15) is 6.07 Å². The van der Waals surface area contributed by atoms with Crippen LogP contribution in [0.15, 0.2) is 10.5 Å². The molecule has 0 N–H and O–H groups in total. The smallest absolute Gasteiger partial charge is 0.106 e. The van der Waals surface area contributed by atoms with Gasteiger partial charge in [0, 0.05) is 0 Å². The molecule has 0 aliphatic heterocycles. The van der Waals surface area contributed by atoms with Crippen molar-refractivity contribution in [1.82, 2.24) is 0 Å². The fraction of sp³-hybridized carbons (Fsp3) is 0.727. The van der Waals surface area contributed by atoms with Gasteiger partial charge in [-0.3, -0.25) is 0 Å². The highest BCUT2D eigenvalue weighted by atomic mass is 32.2. The molecule has 0 saturated heterocycles. The van der Waals surface area contributed by atoms with Crippen LogP contribution >= 0.6 is 11.8 Å². The van der Waals surface area contributed by atoms with Crippen molar-refractivity contribution in [2.24, 2.45) is 0 Å². The second-order valence-electron chi connectivity index (χ2n) is 3.24. The summed E-state index contributed by atoms with van der Waals surface area (Å²) in [5.74, 6) is 0. The SMILES string of the molecule is CCCCCC/C(C)=C(/C#N)SC. The normalized spacial score (nSPS) is 12.2. The zero-order chi connectivity index (χ0) is 10.1. The summed E-state index contributed by atoms with van der Waals surface area (Å²) < 4.78 is 0. The second kappa shape index (κ2) is 8.19. The van der Waals surface area contributed by atoms with Crippen LogP contribution < -0.4 is 0 Å². The van der Waals surface area contributed by atoms with Crippen LogP contribution in [0.25, 0.3) is 0 Å². The van der Waals surface area contributed by atoms with E-state index in [-0.39, 0.29) is 0 Å². The second-order valence-corrected chi connectivity index (χ2v) is 4.05. The Kier molecular flexibility index (Phi) is 7.93. The van der Waals surface area contributed by atoms with E-state index in [1.807, 2.05) is 6.26 Å². The Morgan fingerprint density at radius 1 is 1.31 bits per heavy atom. The molecule has 0 fully saturated rings. The van der Waals surface area contributed by atoms with Gasteiger partial charge in [0.25, 0.3) is 0 Å². The zero-order valence-corrected chi connectivity index (χ0v) is 9.71. The van der Waals surface area contributed by atoms with Gasteiger partial charge in [-0.15, -0.1) is 11.8 Å². The minimum atomic E-state index is 0.900. The lowest BCUT2D eigenvalue weighted by atomic mass is 10.1. The summed E-state index contributed by atoms with van der Waals surface area (Å²) >= 11 is 1.56. The Bertz CT molecular complexity index is 201. The van der Waals surface area contributed by atoms with E-state index >= 15 is 0 Å². The Morgan fingerprint density at radius 3 is 2.46 bits per heavy atom. The predicted octanol–water partition coefficient (Wildman–Crippen LogP) is 4.12. The van der Waals surface area contributed by atoms with E-state index in [9.17, 15) is 0 Å². The Balaban J connectivity index is 3.78. The highest BCUT2D eigenvalue weighted by Gasteiger charge is 1.99. The highest BCUT2D eigenvalue weighted by Crippen LogP contribution is 2.20. The molecule has 74 valence electrons. The van der Waals surface area contributed by atoms with Gasteiger partial charge >= 0.3 is 0 Å². The van der Waals surface area contributed by atoms with Gasteiger partial charge < -0.3 is 0 Å². The summed E-state index contributed by atoms with van der Waals surface area (Å²) in [6, 6.07) is 2.23. The van der Waals surface area contributed by atoms with E-state index in [1.165, 1.54) is 31.3 Å². The third kappa shape index (κ3) is 5.76. The zero-order valence-electron chi connectivity index (χ0n) is 8.89. The van der Waals surface area contributed by atoms with E-state index in [4.69, 9.17) is 5.26 Å². The summed E-state index contributed by atoms with van der Waals surface area (Å²) in [5, 5.41) is 8.77. The lowest BCUT2D eigenvalue weighted by molar-refractivity contribution is 0.664. The first-order chi connectivity index (χ1) is 6.26. The van der Waals surface area contributed by atoms with Crippen LogP contribution in [0.5, 0.6) is 0 Å². The standard InChI is InChI=1S/C11H19NS/c1-4-5-6-7-8-10(2)11(9-12)13-3/h4-8H2,1-3H3/b11-10-. The van der Waals surface area contributed by atoms with Gasteiger partial charge in [-0.05, 0) is 31.6 Å². The molecule has 13 heavy (non-hydrogen) atoms. The Morgan fingerprint density at radius 2 is 2.00 bits per heavy atom. The summed E-state index contributed by atoms with van der Waals surface area (Å²) in [6.45, 7) is 4.28. The molecule has 0 aliphatic carbocycles. The van der Waals surface area contributed by atoms with Gasteiger partial charge in [0.05, 0.1) is 4.91 Å². The van der Waals surface area contributed by atoms with E-state index in [0.717, 1.165) is 11.3 Å². The van der Waals surface area contributed by atoms with Gasteiger partial charge in [-0.25, -0.2) is 0 Å². The molecule has 0 radical (unpaired) electrons. The molecule has 0 atom stereocenters. The summed E-state index contributed by atoms with van der Waals surface area (Å²) in [7, 11) is 0. The first-order valence-electron chi connectivity index (χ1n) is 4.90. The predicted molar refractivity (Wildman–Crippen MR) is 60.6 cm³/mol.